The third-order valence-corrected chi connectivity index (χ3v) is 5.52. The maximum Gasteiger partial charge on any atom is 0.229 e. The largest absolute Gasteiger partial charge is 0.229 e. The highest BCUT2D eigenvalue weighted by Gasteiger charge is 2.43. The van der Waals surface area contributed by atoms with E-state index in [1.165, 1.54) is 11.6 Å². The van der Waals surface area contributed by atoms with Crippen molar-refractivity contribution in [1.29, 1.82) is 0 Å². The van der Waals surface area contributed by atoms with Crippen molar-refractivity contribution in [1.82, 2.24) is 4.98 Å². The first-order chi connectivity index (χ1) is 11.5. The average Bonchev–Trinajstić information content (AvgIpc) is 2.58. The molecule has 24 heavy (non-hydrogen) atoms. The minimum atomic E-state index is -0.729. The molecule has 0 saturated carbocycles. The van der Waals surface area contributed by atoms with Crippen LogP contribution >= 0.6 is 0 Å². The summed E-state index contributed by atoms with van der Waals surface area (Å²) in [5.41, 5.74) is 3.01. The molecule has 2 aromatic heterocycles. The van der Waals surface area contributed by atoms with Crippen LogP contribution in [0.15, 0.2) is 24.4 Å². The minimum Gasteiger partial charge on any atom is -0.197 e. The molecule has 0 aliphatic carbocycles. The Morgan fingerprint density at radius 1 is 1.17 bits per heavy atom. The summed E-state index contributed by atoms with van der Waals surface area (Å²) in [5.74, 6) is -1.43. The van der Waals surface area contributed by atoms with Crippen LogP contribution in [0.2, 0.25) is 0 Å². The molecule has 128 valence electrons. The topological polar surface area (TPSA) is 16.8 Å². The Morgan fingerprint density at radius 3 is 2.58 bits per heavy atom. The lowest BCUT2D eigenvalue weighted by Gasteiger charge is -2.34. The minimum absolute atomic E-state index is 0.247. The molecule has 2 aromatic rings. The van der Waals surface area contributed by atoms with Gasteiger partial charge in [-0.2, -0.15) is 18.3 Å². The third kappa shape index (κ3) is 2.72. The van der Waals surface area contributed by atoms with E-state index in [1.807, 2.05) is 12.3 Å². The standard InChI is InChI=1S/C20H25F2N2/c1-4-7-8-14-9-10-24-13-20(5-2,6-3)15-12-17(21)23-19(22)18(15)16(24)11-14/h9-12H,4-8,13H2,1-3H3/q+1. The van der Waals surface area contributed by atoms with Crippen molar-refractivity contribution in [2.45, 2.75) is 64.8 Å². The SMILES string of the molecule is CCCCc1cc[n+]2c(c1)-c1c(cc(F)nc1F)C(CC)(CC)C2. The summed E-state index contributed by atoms with van der Waals surface area (Å²) in [6.45, 7) is 7.08. The van der Waals surface area contributed by atoms with Gasteiger partial charge in [-0.05, 0) is 42.9 Å². The van der Waals surface area contributed by atoms with Crippen molar-refractivity contribution in [2.24, 2.45) is 0 Å². The van der Waals surface area contributed by atoms with Crippen LogP contribution in [-0.4, -0.2) is 4.98 Å². The Kier molecular flexibility index (Phi) is 4.66. The zero-order chi connectivity index (χ0) is 17.3. The van der Waals surface area contributed by atoms with Crippen molar-refractivity contribution >= 4 is 0 Å². The van der Waals surface area contributed by atoms with Gasteiger partial charge in [0.05, 0.1) is 5.41 Å². The molecule has 0 radical (unpaired) electrons. The molecule has 4 heteroatoms. The molecular weight excluding hydrogens is 306 g/mol. The molecule has 3 rings (SSSR count). The van der Waals surface area contributed by atoms with Crippen LogP contribution in [0.5, 0.6) is 0 Å². The number of hydrogen-bond donors (Lipinski definition) is 0. The lowest BCUT2D eigenvalue weighted by atomic mass is 9.71. The Balaban J connectivity index is 2.21. The summed E-state index contributed by atoms with van der Waals surface area (Å²) in [5, 5.41) is 0. The Bertz CT molecular complexity index is 752. The summed E-state index contributed by atoms with van der Waals surface area (Å²) in [7, 11) is 0. The van der Waals surface area contributed by atoms with E-state index in [4.69, 9.17) is 0 Å². The molecule has 1 aliphatic heterocycles. The van der Waals surface area contributed by atoms with Crippen LogP contribution in [0.3, 0.4) is 0 Å². The smallest absolute Gasteiger partial charge is 0.197 e. The Labute approximate surface area is 142 Å². The highest BCUT2D eigenvalue weighted by Crippen LogP contribution is 2.42. The van der Waals surface area contributed by atoms with Crippen LogP contribution in [0.1, 0.15) is 57.6 Å². The molecule has 0 bridgehead atoms. The van der Waals surface area contributed by atoms with E-state index in [2.05, 4.69) is 36.4 Å². The number of hydrogen-bond acceptors (Lipinski definition) is 1. The van der Waals surface area contributed by atoms with Gasteiger partial charge in [0, 0.05) is 12.1 Å². The van der Waals surface area contributed by atoms with Gasteiger partial charge >= 0.3 is 0 Å². The fourth-order valence-corrected chi connectivity index (χ4v) is 3.87. The zero-order valence-electron chi connectivity index (χ0n) is 14.7. The number of fused-ring (bicyclic) bond motifs is 3. The van der Waals surface area contributed by atoms with E-state index in [-0.39, 0.29) is 5.41 Å². The van der Waals surface area contributed by atoms with E-state index in [1.54, 1.807) is 0 Å². The lowest BCUT2D eigenvalue weighted by molar-refractivity contribution is -0.697. The fraction of sp³-hybridized carbons (Fsp3) is 0.500. The first-order valence-corrected chi connectivity index (χ1v) is 8.94. The monoisotopic (exact) mass is 331 g/mol. The second kappa shape index (κ2) is 6.58. The number of pyridine rings is 2. The maximum atomic E-state index is 14.6. The van der Waals surface area contributed by atoms with Crippen LogP contribution < -0.4 is 4.57 Å². The predicted octanol–water partition coefficient (Wildman–Crippen LogP) is 4.73. The molecule has 0 saturated heterocycles. The number of aromatic nitrogens is 2. The molecule has 0 spiro atoms. The van der Waals surface area contributed by atoms with Gasteiger partial charge in [0.25, 0.3) is 0 Å². The summed E-state index contributed by atoms with van der Waals surface area (Å²) >= 11 is 0. The summed E-state index contributed by atoms with van der Waals surface area (Å²) in [6.07, 6.45) is 6.92. The van der Waals surface area contributed by atoms with Gasteiger partial charge in [0.2, 0.25) is 17.6 Å². The second-order valence-electron chi connectivity index (χ2n) is 6.80. The molecular formula is C20H25F2N2+. The number of halogens is 2. The molecule has 0 amide bonds. The zero-order valence-corrected chi connectivity index (χ0v) is 14.7. The van der Waals surface area contributed by atoms with Crippen LogP contribution in [0.25, 0.3) is 11.3 Å². The van der Waals surface area contributed by atoms with E-state index >= 15 is 0 Å². The van der Waals surface area contributed by atoms with Crippen molar-refractivity contribution in [3.05, 3.63) is 47.4 Å². The molecule has 2 nitrogen and oxygen atoms in total. The van der Waals surface area contributed by atoms with Gasteiger partial charge in [0.1, 0.15) is 5.56 Å². The van der Waals surface area contributed by atoms with E-state index in [9.17, 15) is 8.78 Å². The molecule has 0 atom stereocenters. The molecule has 0 aromatic carbocycles. The molecule has 3 heterocycles. The van der Waals surface area contributed by atoms with E-state index in [0.29, 0.717) is 5.56 Å². The summed E-state index contributed by atoms with van der Waals surface area (Å²) in [6, 6.07) is 5.61. The molecule has 0 unspecified atom stereocenters. The highest BCUT2D eigenvalue weighted by molar-refractivity contribution is 5.64. The van der Waals surface area contributed by atoms with Crippen molar-refractivity contribution < 1.29 is 13.3 Å². The summed E-state index contributed by atoms with van der Waals surface area (Å²) < 4.78 is 30.6. The first kappa shape index (κ1) is 17.0. The average molecular weight is 331 g/mol. The van der Waals surface area contributed by atoms with E-state index < -0.39 is 11.9 Å². The normalized spacial score (nSPS) is 15.0. The maximum absolute atomic E-state index is 14.6. The third-order valence-electron chi connectivity index (χ3n) is 5.52. The highest BCUT2D eigenvalue weighted by atomic mass is 19.1. The van der Waals surface area contributed by atoms with Crippen molar-refractivity contribution in [2.75, 3.05) is 0 Å². The van der Waals surface area contributed by atoms with Crippen LogP contribution in [-0.2, 0) is 18.4 Å². The Hall–Kier alpha value is -1.84. The molecule has 1 aliphatic rings. The van der Waals surface area contributed by atoms with Crippen molar-refractivity contribution in [3.63, 3.8) is 0 Å². The van der Waals surface area contributed by atoms with Crippen LogP contribution in [0, 0.1) is 11.9 Å². The van der Waals surface area contributed by atoms with Gasteiger partial charge < -0.3 is 0 Å². The fourth-order valence-electron chi connectivity index (χ4n) is 3.87. The second-order valence-corrected chi connectivity index (χ2v) is 6.80. The predicted molar refractivity (Wildman–Crippen MR) is 90.7 cm³/mol. The quantitative estimate of drug-likeness (QED) is 0.572. The summed E-state index contributed by atoms with van der Waals surface area (Å²) in [4.78, 5) is 3.47. The van der Waals surface area contributed by atoms with Gasteiger partial charge in [-0.15, -0.1) is 0 Å². The number of aryl methyl sites for hydroxylation is 1. The number of unbranched alkanes of at least 4 members (excludes halogenated alkanes) is 1. The van der Waals surface area contributed by atoms with E-state index in [0.717, 1.165) is 49.9 Å². The molecule has 0 N–H and O–H groups in total. The number of rotatable bonds is 5. The van der Waals surface area contributed by atoms with Crippen molar-refractivity contribution in [3.8, 4) is 11.3 Å². The van der Waals surface area contributed by atoms with Gasteiger partial charge in [-0.25, -0.2) is 0 Å². The number of nitrogens with zero attached hydrogens (tertiary/aromatic N) is 2. The van der Waals surface area contributed by atoms with Gasteiger partial charge in [-0.3, -0.25) is 0 Å². The lowest BCUT2D eigenvalue weighted by Crippen LogP contribution is -2.51. The first-order valence-electron chi connectivity index (χ1n) is 8.94. The van der Waals surface area contributed by atoms with Gasteiger partial charge in [0.15, 0.2) is 12.7 Å². The van der Waals surface area contributed by atoms with Crippen LogP contribution in [0.4, 0.5) is 8.78 Å². The Morgan fingerprint density at radius 2 is 1.92 bits per heavy atom. The molecule has 0 fully saturated rings. The van der Waals surface area contributed by atoms with Gasteiger partial charge in [-0.1, -0.05) is 27.2 Å².